The van der Waals surface area contributed by atoms with Crippen LogP contribution >= 0.6 is 0 Å². The van der Waals surface area contributed by atoms with Crippen LogP contribution in [0.5, 0.6) is 5.88 Å². The Morgan fingerprint density at radius 3 is 2.71 bits per heavy atom. The maximum Gasteiger partial charge on any atom is 0.238 e. The van der Waals surface area contributed by atoms with Crippen LogP contribution in [-0.4, -0.2) is 24.5 Å². The van der Waals surface area contributed by atoms with Gasteiger partial charge in [-0.15, -0.1) is 0 Å². The van der Waals surface area contributed by atoms with Gasteiger partial charge in [-0.25, -0.2) is 4.98 Å². The van der Waals surface area contributed by atoms with Crippen molar-refractivity contribution in [3.8, 4) is 5.88 Å². The molecule has 1 amide bonds. The number of benzene rings is 1. The van der Waals surface area contributed by atoms with Gasteiger partial charge in [0, 0.05) is 24.0 Å². The molecule has 2 aromatic rings. The summed E-state index contributed by atoms with van der Waals surface area (Å²) in [6.45, 7) is 2.76. The standard InChI is InChI=1S/C16H19N3O2/c1-12-5-7-14(8-6-12)19-15(20)11-17-10-13-4-3-9-18-16(13)21-2/h3-9,17H,10-11H2,1-2H3,(H,19,20). The molecule has 0 fully saturated rings. The van der Waals surface area contributed by atoms with E-state index in [4.69, 9.17) is 4.74 Å². The van der Waals surface area contributed by atoms with E-state index in [1.54, 1.807) is 13.3 Å². The van der Waals surface area contributed by atoms with E-state index in [9.17, 15) is 4.79 Å². The number of aryl methyl sites for hydroxylation is 1. The van der Waals surface area contributed by atoms with Crippen LogP contribution < -0.4 is 15.4 Å². The molecule has 0 saturated heterocycles. The number of rotatable bonds is 6. The average molecular weight is 285 g/mol. The van der Waals surface area contributed by atoms with Gasteiger partial charge in [-0.3, -0.25) is 4.79 Å². The Balaban J connectivity index is 1.80. The molecule has 0 radical (unpaired) electrons. The molecule has 0 aliphatic rings. The monoisotopic (exact) mass is 285 g/mol. The number of amides is 1. The third-order valence-electron chi connectivity index (χ3n) is 2.98. The number of nitrogens with zero attached hydrogens (tertiary/aromatic N) is 1. The van der Waals surface area contributed by atoms with Crippen molar-refractivity contribution in [2.24, 2.45) is 0 Å². The van der Waals surface area contributed by atoms with Gasteiger partial charge in [-0.2, -0.15) is 0 Å². The minimum absolute atomic E-state index is 0.0817. The fraction of sp³-hybridized carbons (Fsp3) is 0.250. The van der Waals surface area contributed by atoms with Crippen LogP contribution in [0.2, 0.25) is 0 Å². The Morgan fingerprint density at radius 1 is 1.24 bits per heavy atom. The molecule has 0 bridgehead atoms. The Labute approximate surface area is 124 Å². The molecule has 0 aliphatic heterocycles. The fourth-order valence-electron chi connectivity index (χ4n) is 1.90. The second-order valence-electron chi connectivity index (χ2n) is 4.69. The van der Waals surface area contributed by atoms with Crippen LogP contribution in [0, 0.1) is 6.92 Å². The highest BCUT2D eigenvalue weighted by molar-refractivity contribution is 5.92. The van der Waals surface area contributed by atoms with Crippen molar-refractivity contribution in [2.45, 2.75) is 13.5 Å². The maximum atomic E-state index is 11.8. The van der Waals surface area contributed by atoms with Crippen molar-refractivity contribution in [1.29, 1.82) is 0 Å². The number of aromatic nitrogens is 1. The van der Waals surface area contributed by atoms with Gasteiger partial charge in [-0.1, -0.05) is 23.8 Å². The first-order valence-electron chi connectivity index (χ1n) is 6.74. The molecule has 1 aromatic carbocycles. The van der Waals surface area contributed by atoms with Gasteiger partial charge in [0.1, 0.15) is 0 Å². The van der Waals surface area contributed by atoms with E-state index in [2.05, 4.69) is 15.6 Å². The highest BCUT2D eigenvalue weighted by Crippen LogP contribution is 2.12. The van der Waals surface area contributed by atoms with Crippen LogP contribution in [-0.2, 0) is 11.3 Å². The third-order valence-corrected chi connectivity index (χ3v) is 2.98. The summed E-state index contributed by atoms with van der Waals surface area (Å²) in [5.74, 6) is 0.491. The number of hydrogen-bond acceptors (Lipinski definition) is 4. The molecule has 0 unspecified atom stereocenters. The minimum Gasteiger partial charge on any atom is -0.481 e. The predicted octanol–water partition coefficient (Wildman–Crippen LogP) is 2.13. The molecule has 5 heteroatoms. The molecule has 1 aromatic heterocycles. The van der Waals surface area contributed by atoms with E-state index in [0.717, 1.165) is 16.8 Å². The molecule has 5 nitrogen and oxygen atoms in total. The number of carbonyl (C=O) groups excluding carboxylic acids is 1. The predicted molar refractivity (Wildman–Crippen MR) is 82.3 cm³/mol. The molecule has 0 saturated carbocycles. The number of hydrogen-bond donors (Lipinski definition) is 2. The summed E-state index contributed by atoms with van der Waals surface area (Å²) >= 11 is 0. The minimum atomic E-state index is -0.0817. The molecule has 2 N–H and O–H groups in total. The summed E-state index contributed by atoms with van der Waals surface area (Å²) in [6.07, 6.45) is 1.67. The molecule has 110 valence electrons. The van der Waals surface area contributed by atoms with Crippen molar-refractivity contribution in [3.63, 3.8) is 0 Å². The molecular weight excluding hydrogens is 266 g/mol. The van der Waals surface area contributed by atoms with Crippen molar-refractivity contribution >= 4 is 11.6 Å². The van der Waals surface area contributed by atoms with Gasteiger partial charge in [0.05, 0.1) is 13.7 Å². The lowest BCUT2D eigenvalue weighted by molar-refractivity contribution is -0.115. The number of pyridine rings is 1. The van der Waals surface area contributed by atoms with Crippen LogP contribution in [0.25, 0.3) is 0 Å². The first-order valence-corrected chi connectivity index (χ1v) is 6.74. The van der Waals surface area contributed by atoms with Gasteiger partial charge < -0.3 is 15.4 Å². The third kappa shape index (κ3) is 4.57. The zero-order chi connectivity index (χ0) is 15.1. The second-order valence-corrected chi connectivity index (χ2v) is 4.69. The first kappa shape index (κ1) is 15.0. The highest BCUT2D eigenvalue weighted by atomic mass is 16.5. The summed E-state index contributed by atoms with van der Waals surface area (Å²) in [6, 6.07) is 11.4. The van der Waals surface area contributed by atoms with Gasteiger partial charge in [0.25, 0.3) is 0 Å². The van der Waals surface area contributed by atoms with Gasteiger partial charge in [-0.05, 0) is 25.1 Å². The summed E-state index contributed by atoms with van der Waals surface area (Å²) < 4.78 is 5.16. The summed E-state index contributed by atoms with van der Waals surface area (Å²) in [4.78, 5) is 15.9. The zero-order valence-corrected chi connectivity index (χ0v) is 12.2. The molecule has 0 spiro atoms. The van der Waals surface area contributed by atoms with Crippen LogP contribution in [0.15, 0.2) is 42.6 Å². The van der Waals surface area contributed by atoms with Crippen molar-refractivity contribution in [3.05, 3.63) is 53.7 Å². The lowest BCUT2D eigenvalue weighted by Crippen LogP contribution is -2.27. The first-order chi connectivity index (χ1) is 10.2. The number of methoxy groups -OCH3 is 1. The van der Waals surface area contributed by atoms with Gasteiger partial charge in [0.15, 0.2) is 0 Å². The Kier molecular flexibility index (Phi) is 5.29. The number of nitrogens with one attached hydrogen (secondary N) is 2. The van der Waals surface area contributed by atoms with E-state index in [-0.39, 0.29) is 12.5 Å². The van der Waals surface area contributed by atoms with Crippen molar-refractivity contribution < 1.29 is 9.53 Å². The normalized spacial score (nSPS) is 10.2. The van der Waals surface area contributed by atoms with E-state index in [1.165, 1.54) is 0 Å². The second kappa shape index (κ2) is 7.40. The Hall–Kier alpha value is -2.40. The molecule has 2 rings (SSSR count). The SMILES string of the molecule is COc1ncccc1CNCC(=O)Nc1ccc(C)cc1. The smallest absolute Gasteiger partial charge is 0.238 e. The van der Waals surface area contributed by atoms with E-state index >= 15 is 0 Å². The Morgan fingerprint density at radius 2 is 2.00 bits per heavy atom. The quantitative estimate of drug-likeness (QED) is 0.853. The molecule has 0 atom stereocenters. The van der Waals surface area contributed by atoms with Crippen LogP contribution in [0.3, 0.4) is 0 Å². The van der Waals surface area contributed by atoms with Gasteiger partial charge >= 0.3 is 0 Å². The summed E-state index contributed by atoms with van der Waals surface area (Å²) in [7, 11) is 1.58. The summed E-state index contributed by atoms with van der Waals surface area (Å²) in [5, 5.41) is 5.91. The highest BCUT2D eigenvalue weighted by Gasteiger charge is 2.05. The number of carbonyl (C=O) groups is 1. The number of anilines is 1. The largest absolute Gasteiger partial charge is 0.481 e. The van der Waals surface area contributed by atoms with Crippen molar-refractivity contribution in [2.75, 3.05) is 19.0 Å². The fourth-order valence-corrected chi connectivity index (χ4v) is 1.90. The zero-order valence-electron chi connectivity index (χ0n) is 12.2. The lowest BCUT2D eigenvalue weighted by Gasteiger charge is -2.09. The van der Waals surface area contributed by atoms with E-state index < -0.39 is 0 Å². The number of ether oxygens (including phenoxy) is 1. The molecule has 1 heterocycles. The molecular formula is C16H19N3O2. The van der Waals surface area contributed by atoms with E-state index in [0.29, 0.717) is 12.4 Å². The average Bonchev–Trinajstić information content (AvgIpc) is 2.50. The lowest BCUT2D eigenvalue weighted by atomic mass is 10.2. The van der Waals surface area contributed by atoms with Crippen LogP contribution in [0.4, 0.5) is 5.69 Å². The van der Waals surface area contributed by atoms with Gasteiger partial charge in [0.2, 0.25) is 11.8 Å². The molecule has 0 aliphatic carbocycles. The summed E-state index contributed by atoms with van der Waals surface area (Å²) in [5.41, 5.74) is 2.88. The maximum absolute atomic E-state index is 11.8. The van der Waals surface area contributed by atoms with E-state index in [1.807, 2.05) is 43.3 Å². The van der Waals surface area contributed by atoms with Crippen LogP contribution in [0.1, 0.15) is 11.1 Å². The van der Waals surface area contributed by atoms with Crippen molar-refractivity contribution in [1.82, 2.24) is 10.3 Å². The topological polar surface area (TPSA) is 63.2 Å². The Bertz CT molecular complexity index is 597. The molecule has 21 heavy (non-hydrogen) atoms.